The number of hydrogen-bond donors (Lipinski definition) is 1. The van der Waals surface area contributed by atoms with Crippen LogP contribution in [-0.2, 0) is 11.3 Å². The van der Waals surface area contributed by atoms with Crippen molar-refractivity contribution < 1.29 is 14.6 Å². The number of benzene rings is 1. The molecule has 1 aliphatic heterocycles. The third-order valence-electron chi connectivity index (χ3n) is 5.99. The summed E-state index contributed by atoms with van der Waals surface area (Å²) in [4.78, 5) is 31.8. The molecule has 0 radical (unpaired) electrons. The van der Waals surface area contributed by atoms with E-state index in [1.165, 1.54) is 0 Å². The number of carbonyl (C=O) groups is 1. The van der Waals surface area contributed by atoms with E-state index in [1.54, 1.807) is 27.7 Å². The number of ether oxygens (including phenoxy) is 1. The van der Waals surface area contributed by atoms with Gasteiger partial charge in [0.2, 0.25) is 0 Å². The molecule has 0 aliphatic carbocycles. The fourth-order valence-corrected chi connectivity index (χ4v) is 4.48. The Bertz CT molecular complexity index is 1240. The molecular weight excluding hydrogens is 418 g/mol. The molecule has 33 heavy (non-hydrogen) atoms. The first kappa shape index (κ1) is 22.8. The lowest BCUT2D eigenvalue weighted by atomic mass is 9.88. The van der Waals surface area contributed by atoms with E-state index in [4.69, 9.17) is 9.72 Å². The number of pyridine rings is 2. The Morgan fingerprint density at radius 2 is 1.97 bits per heavy atom. The van der Waals surface area contributed by atoms with Gasteiger partial charge in [0.15, 0.2) is 0 Å². The maximum atomic E-state index is 12.7. The number of phenolic OH excluding ortho intramolecular Hbond substituents is 1. The third kappa shape index (κ3) is 4.72. The molecular formula is C26H31N3O4. The second-order valence-electron chi connectivity index (χ2n) is 9.53. The molecule has 0 bridgehead atoms. The molecule has 4 rings (SSSR count). The van der Waals surface area contributed by atoms with Crippen LogP contribution in [0.3, 0.4) is 0 Å². The van der Waals surface area contributed by atoms with Crippen LogP contribution < -0.4 is 5.56 Å². The number of rotatable bonds is 3. The lowest BCUT2D eigenvalue weighted by molar-refractivity contribution is 0.0198. The Morgan fingerprint density at radius 1 is 1.21 bits per heavy atom. The summed E-state index contributed by atoms with van der Waals surface area (Å²) in [5, 5.41) is 11.4. The summed E-state index contributed by atoms with van der Waals surface area (Å²) in [7, 11) is 0. The molecule has 3 aromatic rings. The molecule has 1 aliphatic rings. The maximum Gasteiger partial charge on any atom is 0.410 e. The SMILES string of the molecule is CCn1c(=O)ccc2c(C3CCCN(C(=O)OC(C)(C)C)C3)cc(-c3ccccc3O)nc21. The number of hydrogen-bond acceptors (Lipinski definition) is 5. The monoisotopic (exact) mass is 449 g/mol. The number of aryl methyl sites for hydroxylation is 1. The van der Waals surface area contributed by atoms with Gasteiger partial charge in [-0.05, 0) is 70.4 Å². The number of likely N-dealkylation sites (tertiary alicyclic amines) is 1. The predicted octanol–water partition coefficient (Wildman–Crippen LogP) is 4.90. The Hall–Kier alpha value is -3.35. The second-order valence-corrected chi connectivity index (χ2v) is 9.53. The van der Waals surface area contributed by atoms with Gasteiger partial charge in [-0.25, -0.2) is 9.78 Å². The van der Waals surface area contributed by atoms with Gasteiger partial charge in [-0.1, -0.05) is 12.1 Å². The van der Waals surface area contributed by atoms with E-state index >= 15 is 0 Å². The Morgan fingerprint density at radius 3 is 2.67 bits per heavy atom. The van der Waals surface area contributed by atoms with Crippen molar-refractivity contribution in [2.45, 2.75) is 58.6 Å². The van der Waals surface area contributed by atoms with Crippen molar-refractivity contribution in [1.29, 1.82) is 0 Å². The molecule has 0 spiro atoms. The number of piperidine rings is 1. The number of phenols is 1. The fraction of sp³-hybridized carbons (Fsp3) is 0.423. The number of nitrogens with zero attached hydrogens (tertiary/aromatic N) is 3. The smallest absolute Gasteiger partial charge is 0.410 e. The van der Waals surface area contributed by atoms with Crippen molar-refractivity contribution in [1.82, 2.24) is 14.5 Å². The zero-order valence-electron chi connectivity index (χ0n) is 19.7. The topological polar surface area (TPSA) is 84.7 Å². The van der Waals surface area contributed by atoms with Crippen LogP contribution in [0.25, 0.3) is 22.3 Å². The summed E-state index contributed by atoms with van der Waals surface area (Å²) < 4.78 is 7.26. The maximum absolute atomic E-state index is 12.7. The van der Waals surface area contributed by atoms with E-state index in [-0.39, 0.29) is 23.3 Å². The van der Waals surface area contributed by atoms with Crippen LogP contribution in [-0.4, -0.2) is 44.3 Å². The molecule has 1 amide bonds. The van der Waals surface area contributed by atoms with E-state index in [9.17, 15) is 14.7 Å². The van der Waals surface area contributed by atoms with Gasteiger partial charge in [0, 0.05) is 42.6 Å². The van der Waals surface area contributed by atoms with Gasteiger partial charge in [0.1, 0.15) is 17.0 Å². The molecule has 1 N–H and O–H groups in total. The van der Waals surface area contributed by atoms with E-state index in [0.717, 1.165) is 23.8 Å². The Balaban J connectivity index is 1.83. The zero-order chi connectivity index (χ0) is 23.8. The van der Waals surface area contributed by atoms with Crippen molar-refractivity contribution in [3.8, 4) is 17.0 Å². The first-order valence-electron chi connectivity index (χ1n) is 11.5. The summed E-state index contributed by atoms with van der Waals surface area (Å²) in [5.74, 6) is 0.194. The Labute approximate surface area is 193 Å². The minimum absolute atomic E-state index is 0.0594. The van der Waals surface area contributed by atoms with Crippen molar-refractivity contribution in [3.05, 3.63) is 58.4 Å². The summed E-state index contributed by atoms with van der Waals surface area (Å²) >= 11 is 0. The molecule has 1 unspecified atom stereocenters. The van der Waals surface area contributed by atoms with E-state index in [1.807, 2.05) is 52.0 Å². The first-order valence-corrected chi connectivity index (χ1v) is 11.5. The van der Waals surface area contributed by atoms with Crippen LogP contribution in [0.1, 0.15) is 52.0 Å². The predicted molar refractivity (Wildman–Crippen MR) is 129 cm³/mol. The normalized spacial score (nSPS) is 16.7. The van der Waals surface area contributed by atoms with Crippen LogP contribution in [0.5, 0.6) is 5.75 Å². The highest BCUT2D eigenvalue weighted by molar-refractivity contribution is 5.84. The van der Waals surface area contributed by atoms with Gasteiger partial charge in [0.05, 0.1) is 5.69 Å². The number of fused-ring (bicyclic) bond motifs is 1. The van der Waals surface area contributed by atoms with Crippen LogP contribution in [0.15, 0.2) is 47.3 Å². The summed E-state index contributed by atoms with van der Waals surface area (Å²) in [5.41, 5.74) is 2.17. The van der Waals surface area contributed by atoms with Crippen LogP contribution in [0, 0.1) is 0 Å². The molecule has 1 aromatic carbocycles. The average Bonchev–Trinajstić information content (AvgIpc) is 2.77. The minimum Gasteiger partial charge on any atom is -0.507 e. The quantitative estimate of drug-likeness (QED) is 0.615. The molecule has 1 fully saturated rings. The molecule has 1 atom stereocenters. The summed E-state index contributed by atoms with van der Waals surface area (Å²) in [6.45, 7) is 9.18. The molecule has 7 nitrogen and oxygen atoms in total. The van der Waals surface area contributed by atoms with Crippen molar-refractivity contribution in [2.24, 2.45) is 0 Å². The van der Waals surface area contributed by atoms with Gasteiger partial charge in [-0.15, -0.1) is 0 Å². The number of amides is 1. The lowest BCUT2D eigenvalue weighted by Gasteiger charge is -2.34. The van der Waals surface area contributed by atoms with Gasteiger partial charge < -0.3 is 14.7 Å². The van der Waals surface area contributed by atoms with E-state index in [0.29, 0.717) is 36.5 Å². The van der Waals surface area contributed by atoms with E-state index in [2.05, 4.69) is 0 Å². The molecule has 1 saturated heterocycles. The Kier molecular flexibility index (Phi) is 6.15. The second kappa shape index (κ2) is 8.89. The van der Waals surface area contributed by atoms with Crippen LogP contribution >= 0.6 is 0 Å². The first-order chi connectivity index (χ1) is 15.7. The standard InChI is InChI=1S/C26H31N3O4/c1-5-29-23(31)13-12-18-20(15-21(27-24(18)29)19-10-6-7-11-22(19)30)17-9-8-14-28(16-17)25(32)33-26(2,3)4/h6-7,10-13,15,17,30H,5,8-9,14,16H2,1-4H3. The number of aromatic nitrogens is 2. The molecule has 0 saturated carbocycles. The highest BCUT2D eigenvalue weighted by Crippen LogP contribution is 2.36. The summed E-state index contributed by atoms with van der Waals surface area (Å²) in [6, 6.07) is 12.5. The van der Waals surface area contributed by atoms with E-state index < -0.39 is 5.60 Å². The van der Waals surface area contributed by atoms with Crippen LogP contribution in [0.4, 0.5) is 4.79 Å². The number of carbonyl (C=O) groups excluding carboxylic acids is 1. The van der Waals surface area contributed by atoms with Gasteiger partial charge in [-0.2, -0.15) is 0 Å². The number of para-hydroxylation sites is 1. The van der Waals surface area contributed by atoms with Crippen LogP contribution in [0.2, 0.25) is 0 Å². The van der Waals surface area contributed by atoms with Gasteiger partial charge in [0.25, 0.3) is 5.56 Å². The number of aromatic hydroxyl groups is 1. The van der Waals surface area contributed by atoms with Gasteiger partial charge in [-0.3, -0.25) is 9.36 Å². The average molecular weight is 450 g/mol. The molecule has 7 heteroatoms. The minimum atomic E-state index is -0.553. The summed E-state index contributed by atoms with van der Waals surface area (Å²) in [6.07, 6.45) is 1.45. The fourth-order valence-electron chi connectivity index (χ4n) is 4.48. The molecule has 174 valence electrons. The third-order valence-corrected chi connectivity index (χ3v) is 5.99. The molecule has 2 aromatic heterocycles. The van der Waals surface area contributed by atoms with Gasteiger partial charge >= 0.3 is 6.09 Å². The lowest BCUT2D eigenvalue weighted by Crippen LogP contribution is -2.42. The van der Waals surface area contributed by atoms with Crippen molar-refractivity contribution >= 4 is 17.1 Å². The zero-order valence-corrected chi connectivity index (χ0v) is 19.7. The highest BCUT2D eigenvalue weighted by atomic mass is 16.6. The highest BCUT2D eigenvalue weighted by Gasteiger charge is 2.30. The largest absolute Gasteiger partial charge is 0.507 e. The molecule has 3 heterocycles. The van der Waals surface area contributed by atoms with Crippen molar-refractivity contribution in [3.63, 3.8) is 0 Å². The van der Waals surface area contributed by atoms with Crippen molar-refractivity contribution in [2.75, 3.05) is 13.1 Å².